The van der Waals surface area contributed by atoms with Gasteiger partial charge in [-0.3, -0.25) is 4.79 Å². The molecule has 3 aromatic rings. The second kappa shape index (κ2) is 8.46. The molecular formula is C21H16Cl2F3NOS. The first-order chi connectivity index (χ1) is 13.6. The van der Waals surface area contributed by atoms with Crippen LogP contribution in [0, 0.1) is 13.8 Å². The van der Waals surface area contributed by atoms with Gasteiger partial charge in [0.15, 0.2) is 5.78 Å². The van der Waals surface area contributed by atoms with Gasteiger partial charge in [0.2, 0.25) is 0 Å². The number of aryl methyl sites for hydroxylation is 1. The second-order valence-electron chi connectivity index (χ2n) is 6.45. The molecule has 0 bridgehead atoms. The monoisotopic (exact) mass is 457 g/mol. The van der Waals surface area contributed by atoms with Crippen molar-refractivity contribution in [1.29, 1.82) is 0 Å². The number of rotatable bonds is 5. The number of ketones is 1. The first kappa shape index (κ1) is 21.8. The minimum atomic E-state index is -4.43. The first-order valence-corrected chi connectivity index (χ1v) is 10.3. The smallest absolute Gasteiger partial charge is 0.318 e. The molecular weight excluding hydrogens is 442 g/mol. The number of thioether (sulfide) groups is 1. The molecule has 0 amide bonds. The maximum Gasteiger partial charge on any atom is 0.416 e. The summed E-state index contributed by atoms with van der Waals surface area (Å²) in [5, 5.41) is 1.02. The van der Waals surface area contributed by atoms with Crippen LogP contribution in [0.4, 0.5) is 13.2 Å². The Morgan fingerprint density at radius 2 is 1.79 bits per heavy atom. The van der Waals surface area contributed by atoms with Crippen LogP contribution in [0.25, 0.3) is 5.69 Å². The van der Waals surface area contributed by atoms with Gasteiger partial charge in [-0.15, -0.1) is 11.8 Å². The number of hydrogen-bond donors (Lipinski definition) is 0. The molecule has 29 heavy (non-hydrogen) atoms. The zero-order chi connectivity index (χ0) is 21.3. The molecule has 8 heteroatoms. The molecule has 2 aromatic carbocycles. The fourth-order valence-electron chi connectivity index (χ4n) is 3.07. The highest BCUT2D eigenvalue weighted by atomic mass is 35.5. The number of Topliss-reactive ketones (excluding diaryl/α,β-unsaturated/α-hetero) is 1. The Morgan fingerprint density at radius 1 is 1.07 bits per heavy atom. The summed E-state index contributed by atoms with van der Waals surface area (Å²) in [7, 11) is 0. The van der Waals surface area contributed by atoms with Crippen LogP contribution in [0.1, 0.15) is 27.3 Å². The summed E-state index contributed by atoms with van der Waals surface area (Å²) in [4.78, 5) is 13.5. The highest BCUT2D eigenvalue weighted by Crippen LogP contribution is 2.33. The number of hydrogen-bond acceptors (Lipinski definition) is 2. The Balaban J connectivity index is 1.88. The third-order valence-corrected chi connectivity index (χ3v) is 6.15. The van der Waals surface area contributed by atoms with Crippen molar-refractivity contribution in [3.8, 4) is 5.69 Å². The van der Waals surface area contributed by atoms with Crippen molar-refractivity contribution >= 4 is 40.7 Å². The Bertz CT molecular complexity index is 1080. The molecule has 0 N–H and O–H groups in total. The van der Waals surface area contributed by atoms with Gasteiger partial charge < -0.3 is 4.57 Å². The van der Waals surface area contributed by atoms with E-state index in [0.717, 1.165) is 12.1 Å². The molecule has 3 rings (SSSR count). The number of aromatic nitrogens is 1. The summed E-state index contributed by atoms with van der Waals surface area (Å²) in [6.07, 6.45) is -4.43. The van der Waals surface area contributed by atoms with E-state index in [4.69, 9.17) is 23.2 Å². The molecule has 0 spiro atoms. The van der Waals surface area contributed by atoms with E-state index in [1.807, 2.05) is 0 Å². The number of halogens is 5. The summed E-state index contributed by atoms with van der Waals surface area (Å²) >= 11 is 13.4. The van der Waals surface area contributed by atoms with Crippen molar-refractivity contribution in [2.75, 3.05) is 5.75 Å². The molecule has 0 aliphatic carbocycles. The maximum atomic E-state index is 13.1. The maximum absolute atomic E-state index is 13.1. The molecule has 1 heterocycles. The molecule has 152 valence electrons. The number of carbonyl (C=O) groups is 1. The van der Waals surface area contributed by atoms with Crippen LogP contribution < -0.4 is 0 Å². The molecule has 0 saturated carbocycles. The Hall–Kier alpha value is -1.89. The average Bonchev–Trinajstić information content (AvgIpc) is 2.96. The van der Waals surface area contributed by atoms with Crippen molar-refractivity contribution in [3.63, 3.8) is 0 Å². The van der Waals surface area contributed by atoms with Gasteiger partial charge in [0.25, 0.3) is 0 Å². The van der Waals surface area contributed by atoms with Gasteiger partial charge >= 0.3 is 6.18 Å². The molecule has 1 aromatic heterocycles. The zero-order valence-electron chi connectivity index (χ0n) is 15.5. The summed E-state index contributed by atoms with van der Waals surface area (Å²) < 4.78 is 40.8. The van der Waals surface area contributed by atoms with Crippen LogP contribution in [0.3, 0.4) is 0 Å². The van der Waals surface area contributed by atoms with Crippen LogP contribution in [-0.2, 0) is 6.18 Å². The lowest BCUT2D eigenvalue weighted by Crippen LogP contribution is -2.08. The lowest BCUT2D eigenvalue weighted by molar-refractivity contribution is -0.137. The molecule has 0 saturated heterocycles. The Kier molecular flexibility index (Phi) is 6.36. The molecule has 0 radical (unpaired) electrons. The number of nitrogens with zero attached hydrogens (tertiary/aromatic N) is 1. The van der Waals surface area contributed by atoms with E-state index >= 15 is 0 Å². The predicted octanol–water partition coefficient (Wildman–Crippen LogP) is 7.39. The second-order valence-corrected chi connectivity index (χ2v) is 8.32. The van der Waals surface area contributed by atoms with Gasteiger partial charge in [-0.2, -0.15) is 13.2 Å². The number of benzene rings is 2. The minimum absolute atomic E-state index is 0.132. The van der Waals surface area contributed by atoms with Crippen molar-refractivity contribution in [2.24, 2.45) is 0 Å². The fraction of sp³-hybridized carbons (Fsp3) is 0.190. The summed E-state index contributed by atoms with van der Waals surface area (Å²) in [5.41, 5.74) is 1.35. The van der Waals surface area contributed by atoms with Crippen LogP contribution in [-0.4, -0.2) is 16.1 Å². The SMILES string of the molecule is Cc1cc(C(=O)CSc2cc(Cl)ccc2Cl)c(C)n1-c1cccc(C(F)(F)F)c1. The van der Waals surface area contributed by atoms with Gasteiger partial charge in [0.1, 0.15) is 0 Å². The van der Waals surface area contributed by atoms with Crippen LogP contribution in [0.2, 0.25) is 10.0 Å². The van der Waals surface area contributed by atoms with E-state index in [1.54, 1.807) is 48.7 Å². The van der Waals surface area contributed by atoms with E-state index in [-0.39, 0.29) is 11.5 Å². The summed E-state index contributed by atoms with van der Waals surface area (Å²) in [6.45, 7) is 3.47. The van der Waals surface area contributed by atoms with Gasteiger partial charge in [0, 0.05) is 32.6 Å². The van der Waals surface area contributed by atoms with E-state index in [0.29, 0.717) is 37.6 Å². The quantitative estimate of drug-likeness (QED) is 0.294. The van der Waals surface area contributed by atoms with E-state index in [1.165, 1.54) is 17.8 Å². The third-order valence-electron chi connectivity index (χ3n) is 4.42. The molecule has 0 fully saturated rings. The average molecular weight is 458 g/mol. The lowest BCUT2D eigenvalue weighted by atomic mass is 10.1. The lowest BCUT2D eigenvalue weighted by Gasteiger charge is -2.13. The van der Waals surface area contributed by atoms with Crippen LogP contribution in [0.15, 0.2) is 53.4 Å². The summed E-state index contributed by atoms with van der Waals surface area (Å²) in [5.74, 6) is -0.00943. The molecule has 0 unspecified atom stereocenters. The highest BCUT2D eigenvalue weighted by molar-refractivity contribution is 8.00. The van der Waals surface area contributed by atoms with E-state index in [9.17, 15) is 18.0 Å². The zero-order valence-corrected chi connectivity index (χ0v) is 17.8. The van der Waals surface area contributed by atoms with Crippen molar-refractivity contribution < 1.29 is 18.0 Å². The van der Waals surface area contributed by atoms with Crippen molar-refractivity contribution in [3.05, 3.63) is 81.1 Å². The summed E-state index contributed by atoms with van der Waals surface area (Å²) in [6, 6.07) is 11.8. The van der Waals surface area contributed by atoms with E-state index in [2.05, 4.69) is 0 Å². The molecule has 0 atom stereocenters. The van der Waals surface area contributed by atoms with Crippen molar-refractivity contribution in [1.82, 2.24) is 4.57 Å². The third kappa shape index (κ3) is 4.82. The van der Waals surface area contributed by atoms with Crippen LogP contribution in [0.5, 0.6) is 0 Å². The van der Waals surface area contributed by atoms with Crippen LogP contribution >= 0.6 is 35.0 Å². The Labute approximate surface area is 180 Å². The van der Waals surface area contributed by atoms with Gasteiger partial charge in [-0.25, -0.2) is 0 Å². The normalized spacial score (nSPS) is 11.7. The minimum Gasteiger partial charge on any atom is -0.318 e. The fourth-order valence-corrected chi connectivity index (χ4v) is 4.45. The molecule has 0 aliphatic heterocycles. The number of alkyl halides is 3. The Morgan fingerprint density at radius 3 is 2.48 bits per heavy atom. The molecule has 0 aliphatic rings. The van der Waals surface area contributed by atoms with E-state index < -0.39 is 11.7 Å². The van der Waals surface area contributed by atoms with Crippen molar-refractivity contribution in [2.45, 2.75) is 24.9 Å². The topological polar surface area (TPSA) is 22.0 Å². The largest absolute Gasteiger partial charge is 0.416 e. The number of carbonyl (C=O) groups excluding carboxylic acids is 1. The van der Waals surface area contributed by atoms with Gasteiger partial charge in [-0.1, -0.05) is 29.3 Å². The van der Waals surface area contributed by atoms with Gasteiger partial charge in [0.05, 0.1) is 16.3 Å². The predicted molar refractivity (Wildman–Crippen MR) is 112 cm³/mol. The standard InChI is InChI=1S/C21H16Cl2F3NOS/c1-12-8-17(19(28)11-29-20-10-15(22)6-7-18(20)23)13(2)27(12)16-5-3-4-14(9-16)21(24,25)26/h3-10H,11H2,1-2H3. The van der Waals surface area contributed by atoms with Gasteiger partial charge in [-0.05, 0) is 56.3 Å². The molecule has 2 nitrogen and oxygen atoms in total. The first-order valence-electron chi connectivity index (χ1n) is 8.55. The highest BCUT2D eigenvalue weighted by Gasteiger charge is 2.30.